The van der Waals surface area contributed by atoms with Crippen molar-refractivity contribution >= 4 is 33.3 Å². The molecule has 3 heteroatoms. The Morgan fingerprint density at radius 3 is 2.37 bits per heavy atom. The average molecular weight is 495 g/mol. The van der Waals surface area contributed by atoms with Crippen LogP contribution in [0.5, 0.6) is 0 Å². The Hall–Kier alpha value is -4.37. The molecule has 3 nitrogen and oxygen atoms in total. The first-order chi connectivity index (χ1) is 18.3. The van der Waals surface area contributed by atoms with E-state index >= 15 is 0 Å². The van der Waals surface area contributed by atoms with Gasteiger partial charge in [0.15, 0.2) is 0 Å². The normalized spacial score (nSPS) is 12.6. The average Bonchev–Trinajstić information content (AvgIpc) is 3.27. The van der Waals surface area contributed by atoms with Crippen LogP contribution in [0.1, 0.15) is 37.5 Å². The van der Waals surface area contributed by atoms with Crippen LogP contribution in [0.2, 0.25) is 0 Å². The van der Waals surface area contributed by atoms with Crippen LogP contribution in [0.15, 0.2) is 89.5 Å². The predicted octanol–water partition coefficient (Wildman–Crippen LogP) is 9.95. The van der Waals surface area contributed by atoms with E-state index in [0.29, 0.717) is 0 Å². The number of nitrogens with one attached hydrogen (secondary N) is 1. The molecular formula is C35H30N2O. The van der Waals surface area contributed by atoms with Crippen molar-refractivity contribution in [1.29, 1.82) is 0 Å². The summed E-state index contributed by atoms with van der Waals surface area (Å²) in [6.07, 6.45) is 1.93. The van der Waals surface area contributed by atoms with Gasteiger partial charge in [0.1, 0.15) is 11.2 Å². The topological polar surface area (TPSA) is 38.1 Å². The van der Waals surface area contributed by atoms with E-state index in [1.54, 1.807) is 0 Å². The van der Waals surface area contributed by atoms with Gasteiger partial charge >= 0.3 is 0 Å². The van der Waals surface area contributed by atoms with Crippen molar-refractivity contribution in [1.82, 2.24) is 4.98 Å². The number of rotatable bonds is 1. The fourth-order valence-corrected chi connectivity index (χ4v) is 5.77. The van der Waals surface area contributed by atoms with E-state index in [1.165, 1.54) is 33.4 Å². The summed E-state index contributed by atoms with van der Waals surface area (Å²) in [6, 6.07) is 28.3. The van der Waals surface area contributed by atoms with Crippen molar-refractivity contribution in [3.05, 3.63) is 102 Å². The second-order valence-corrected chi connectivity index (χ2v) is 11.5. The standard InChI is InChI=1S/C35H30N2O/c1-20-10-12-30-28(16-20)33-21(2)25(19-27-24-8-6-7-9-32(24)38-34(27)33)26-17-22(11-13-29(26)37-30)31-18-23(14-15-36-31)35(3,4)5/h6-19,37H,1-5H3. The number of para-hydroxylation sites is 1. The molecule has 0 amide bonds. The molecule has 0 fully saturated rings. The molecule has 6 aromatic rings. The molecule has 0 unspecified atom stereocenters. The number of nitrogens with zero attached hydrogens (tertiary/aromatic N) is 1. The number of anilines is 2. The zero-order valence-electron chi connectivity index (χ0n) is 22.4. The summed E-state index contributed by atoms with van der Waals surface area (Å²) in [7, 11) is 0. The minimum absolute atomic E-state index is 0.0591. The fraction of sp³-hybridized carbons (Fsp3) is 0.171. The van der Waals surface area contributed by atoms with Crippen LogP contribution in [0.3, 0.4) is 0 Å². The van der Waals surface area contributed by atoms with Crippen molar-refractivity contribution in [3.8, 4) is 33.5 Å². The van der Waals surface area contributed by atoms with E-state index in [-0.39, 0.29) is 5.41 Å². The predicted molar refractivity (Wildman–Crippen MR) is 159 cm³/mol. The first-order valence-corrected chi connectivity index (χ1v) is 13.2. The fourth-order valence-electron chi connectivity index (χ4n) is 5.77. The third-order valence-electron chi connectivity index (χ3n) is 7.87. The van der Waals surface area contributed by atoms with Gasteiger partial charge in [-0.05, 0) is 84.5 Å². The van der Waals surface area contributed by atoms with Gasteiger partial charge in [0.25, 0.3) is 0 Å². The molecule has 0 saturated heterocycles. The molecule has 0 radical (unpaired) electrons. The molecule has 2 bridgehead atoms. The summed E-state index contributed by atoms with van der Waals surface area (Å²) in [5.41, 5.74) is 14.6. The van der Waals surface area contributed by atoms with Gasteiger partial charge in [-0.25, -0.2) is 0 Å². The van der Waals surface area contributed by atoms with Gasteiger partial charge < -0.3 is 9.73 Å². The number of aryl methyl sites for hydroxylation is 1. The number of pyridine rings is 1. The van der Waals surface area contributed by atoms with Crippen molar-refractivity contribution in [3.63, 3.8) is 0 Å². The van der Waals surface area contributed by atoms with Crippen molar-refractivity contribution in [2.75, 3.05) is 5.32 Å². The third-order valence-corrected chi connectivity index (χ3v) is 7.87. The largest absolute Gasteiger partial charge is 0.455 e. The molecule has 186 valence electrons. The molecule has 0 saturated carbocycles. The van der Waals surface area contributed by atoms with Crippen LogP contribution in [0.4, 0.5) is 11.4 Å². The maximum atomic E-state index is 6.53. The monoisotopic (exact) mass is 494 g/mol. The molecule has 38 heavy (non-hydrogen) atoms. The molecule has 0 aliphatic carbocycles. The van der Waals surface area contributed by atoms with Gasteiger partial charge in [0.05, 0.1) is 5.69 Å². The smallest absolute Gasteiger partial charge is 0.143 e. The zero-order valence-corrected chi connectivity index (χ0v) is 22.4. The molecule has 1 aliphatic rings. The van der Waals surface area contributed by atoms with Crippen molar-refractivity contribution < 1.29 is 4.42 Å². The Kier molecular flexibility index (Phi) is 4.84. The Morgan fingerprint density at radius 2 is 1.53 bits per heavy atom. The van der Waals surface area contributed by atoms with E-state index in [0.717, 1.165) is 50.1 Å². The zero-order chi connectivity index (χ0) is 26.2. The van der Waals surface area contributed by atoms with Crippen LogP contribution in [-0.2, 0) is 5.41 Å². The Bertz CT molecular complexity index is 1900. The Balaban J connectivity index is 1.55. The number of furan rings is 1. The summed E-state index contributed by atoms with van der Waals surface area (Å²) < 4.78 is 6.53. The molecule has 1 N–H and O–H groups in total. The van der Waals surface area contributed by atoms with Gasteiger partial charge in [0.2, 0.25) is 0 Å². The van der Waals surface area contributed by atoms with Gasteiger partial charge in [-0.15, -0.1) is 0 Å². The van der Waals surface area contributed by atoms with Crippen molar-refractivity contribution in [2.24, 2.45) is 0 Å². The van der Waals surface area contributed by atoms with E-state index in [1.807, 2.05) is 12.3 Å². The van der Waals surface area contributed by atoms with Gasteiger partial charge in [-0.3, -0.25) is 4.98 Å². The molecule has 0 atom stereocenters. The second-order valence-electron chi connectivity index (χ2n) is 11.5. The van der Waals surface area contributed by atoms with Crippen LogP contribution >= 0.6 is 0 Å². The quantitative estimate of drug-likeness (QED) is 0.247. The van der Waals surface area contributed by atoms with Gasteiger partial charge in [0, 0.05) is 50.6 Å². The highest BCUT2D eigenvalue weighted by Gasteiger charge is 2.25. The SMILES string of the molecule is Cc1ccc2c(c1)-c1c(C)c(cc3c1oc1ccccc13)-c1cc(-c3cc(C(C)(C)C)ccn3)ccc1N2. The number of aromatic nitrogens is 1. The molecule has 0 spiro atoms. The summed E-state index contributed by atoms with van der Waals surface area (Å²) in [6.45, 7) is 11.1. The minimum atomic E-state index is 0.0591. The highest BCUT2D eigenvalue weighted by molar-refractivity contribution is 6.14. The summed E-state index contributed by atoms with van der Waals surface area (Å²) in [5, 5.41) is 6.05. The lowest BCUT2D eigenvalue weighted by Gasteiger charge is -2.24. The Labute approximate surface area is 223 Å². The third kappa shape index (κ3) is 3.46. The molecule has 7 rings (SSSR count). The van der Waals surface area contributed by atoms with E-state index in [4.69, 9.17) is 9.40 Å². The highest BCUT2D eigenvalue weighted by atomic mass is 16.3. The summed E-state index contributed by atoms with van der Waals surface area (Å²) >= 11 is 0. The first-order valence-electron chi connectivity index (χ1n) is 13.2. The number of hydrogen-bond acceptors (Lipinski definition) is 3. The van der Waals surface area contributed by atoms with Gasteiger partial charge in [-0.2, -0.15) is 0 Å². The number of fused-ring (bicyclic) bond motifs is 10. The summed E-state index contributed by atoms with van der Waals surface area (Å²) in [5.74, 6) is 0. The van der Waals surface area contributed by atoms with E-state index in [9.17, 15) is 0 Å². The molecule has 3 heterocycles. The first kappa shape index (κ1) is 22.8. The van der Waals surface area contributed by atoms with E-state index < -0.39 is 0 Å². The van der Waals surface area contributed by atoms with Crippen molar-refractivity contribution in [2.45, 2.75) is 40.0 Å². The van der Waals surface area contributed by atoms with Gasteiger partial charge in [-0.1, -0.05) is 56.7 Å². The number of benzene rings is 4. The van der Waals surface area contributed by atoms with E-state index in [2.05, 4.69) is 113 Å². The van der Waals surface area contributed by atoms with Crippen LogP contribution in [-0.4, -0.2) is 4.98 Å². The lowest BCUT2D eigenvalue weighted by molar-refractivity contribution is 0.589. The maximum Gasteiger partial charge on any atom is 0.143 e. The lowest BCUT2D eigenvalue weighted by Crippen LogP contribution is -2.11. The molecule has 4 aromatic carbocycles. The van der Waals surface area contributed by atoms with Crippen LogP contribution in [0, 0.1) is 13.8 Å². The minimum Gasteiger partial charge on any atom is -0.455 e. The van der Waals surface area contributed by atoms with Crippen LogP contribution < -0.4 is 5.32 Å². The molecule has 2 aromatic heterocycles. The summed E-state index contributed by atoms with van der Waals surface area (Å²) in [4.78, 5) is 4.76. The molecule has 1 aliphatic heterocycles. The number of hydrogen-bond donors (Lipinski definition) is 1. The highest BCUT2D eigenvalue weighted by Crippen LogP contribution is 2.49. The van der Waals surface area contributed by atoms with Crippen LogP contribution in [0.25, 0.3) is 55.4 Å². The lowest BCUT2D eigenvalue weighted by atomic mass is 9.85. The molecular weight excluding hydrogens is 464 g/mol. The second kappa shape index (κ2) is 8.06. The Morgan fingerprint density at radius 1 is 0.737 bits per heavy atom. The maximum absolute atomic E-state index is 6.53.